The molecule has 0 bridgehead atoms. The van der Waals surface area contributed by atoms with E-state index >= 15 is 0 Å². The third kappa shape index (κ3) is 8.25. The van der Waals surface area contributed by atoms with Crippen LogP contribution in [0.3, 0.4) is 0 Å². The van der Waals surface area contributed by atoms with E-state index in [4.69, 9.17) is 0 Å². The van der Waals surface area contributed by atoms with Gasteiger partial charge in [-0.1, -0.05) is 43.0 Å². The molecule has 0 aliphatic carbocycles. The molecular weight excluding hydrogens is 208 g/mol. The maximum absolute atomic E-state index is 9.41. The Hall–Kier alpha value is -2.36. The van der Waals surface area contributed by atoms with Crippen LogP contribution in [0.25, 0.3) is 6.08 Å². The second kappa shape index (κ2) is 7.99. The molecule has 1 aromatic carbocycles. The molecule has 1 rings (SSSR count). The lowest BCUT2D eigenvalue weighted by atomic mass is 10.2. The summed E-state index contributed by atoms with van der Waals surface area (Å²) in [5.41, 5.74) is 1.17. The molecule has 0 saturated heterocycles. The fourth-order valence-electron chi connectivity index (χ4n) is 0.725. The summed E-state index contributed by atoms with van der Waals surface area (Å²) in [6.45, 7) is 3.63. The van der Waals surface area contributed by atoms with Crippen molar-refractivity contribution in [2.24, 2.45) is 0 Å². The fourth-order valence-corrected chi connectivity index (χ4v) is 0.725. The number of rotatable bonds is 3. The van der Waals surface area contributed by atoms with Gasteiger partial charge >= 0.3 is 0 Å². The predicted octanol–water partition coefficient (Wildman–Crippen LogP) is -0.628. The first-order valence-corrected chi connectivity index (χ1v) is 4.33. The molecule has 0 amide bonds. The highest BCUT2D eigenvalue weighted by atomic mass is 16.4. The van der Waals surface area contributed by atoms with Gasteiger partial charge in [0.2, 0.25) is 0 Å². The summed E-state index contributed by atoms with van der Waals surface area (Å²) in [6, 6.07) is 10.0. The van der Waals surface area contributed by atoms with Crippen LogP contribution in [0.2, 0.25) is 0 Å². The molecule has 0 aliphatic heterocycles. The molecule has 0 N–H and O–H groups in total. The summed E-state index contributed by atoms with van der Waals surface area (Å²) in [4.78, 5) is 18.8. The van der Waals surface area contributed by atoms with Gasteiger partial charge in [0.05, 0.1) is 11.9 Å². The summed E-state index contributed by atoms with van der Waals surface area (Å²) >= 11 is 0. The van der Waals surface area contributed by atoms with Crippen molar-refractivity contribution in [2.75, 3.05) is 0 Å². The molecule has 0 fully saturated rings. The van der Waals surface area contributed by atoms with Crippen molar-refractivity contribution in [3.8, 4) is 0 Å². The number of carbonyl (C=O) groups is 2. The molecule has 16 heavy (non-hydrogen) atoms. The van der Waals surface area contributed by atoms with Gasteiger partial charge < -0.3 is 19.8 Å². The van der Waals surface area contributed by atoms with Crippen molar-refractivity contribution in [1.29, 1.82) is 0 Å². The van der Waals surface area contributed by atoms with Gasteiger partial charge in [0.25, 0.3) is 0 Å². The largest absolute Gasteiger partial charge is 0.545 e. The molecule has 0 radical (unpaired) electrons. The van der Waals surface area contributed by atoms with E-state index in [9.17, 15) is 19.8 Å². The zero-order chi connectivity index (χ0) is 12.4. The lowest BCUT2D eigenvalue weighted by Crippen LogP contribution is -2.23. The molecule has 0 aliphatic rings. The first-order chi connectivity index (χ1) is 7.56. The van der Waals surface area contributed by atoms with Crippen LogP contribution in [-0.4, -0.2) is 11.9 Å². The van der Waals surface area contributed by atoms with Gasteiger partial charge in [0.1, 0.15) is 0 Å². The molecule has 0 atom stereocenters. The number of carboxylic acids is 2. The van der Waals surface area contributed by atoms with Crippen molar-refractivity contribution in [3.05, 3.63) is 54.6 Å². The van der Waals surface area contributed by atoms with E-state index in [1.54, 1.807) is 0 Å². The number of hydrogen-bond donors (Lipinski definition) is 0. The highest BCUT2D eigenvalue weighted by molar-refractivity contribution is 5.87. The minimum absolute atomic E-state index is 0.384. The van der Waals surface area contributed by atoms with Crippen molar-refractivity contribution in [3.63, 3.8) is 0 Å². The van der Waals surface area contributed by atoms with Crippen LogP contribution in [0.15, 0.2) is 49.1 Å². The van der Waals surface area contributed by atoms with Gasteiger partial charge in [-0.25, -0.2) is 0 Å². The Morgan fingerprint density at radius 3 is 1.69 bits per heavy atom. The summed E-state index contributed by atoms with van der Waals surface area (Å²) in [7, 11) is 0. The van der Waals surface area contributed by atoms with E-state index < -0.39 is 11.9 Å². The van der Waals surface area contributed by atoms with E-state index in [-0.39, 0.29) is 0 Å². The number of benzene rings is 1. The summed E-state index contributed by atoms with van der Waals surface area (Å²) < 4.78 is 0. The average molecular weight is 218 g/mol. The number of carbonyl (C=O) groups excluding carboxylic acids is 2. The second-order valence-electron chi connectivity index (χ2n) is 2.59. The monoisotopic (exact) mass is 218 g/mol. The Kier molecular flexibility index (Phi) is 6.81. The SMILES string of the molecule is C=Cc1ccccc1.O=C([O-])/C=C/C(=O)[O-]. The summed E-state index contributed by atoms with van der Waals surface area (Å²) in [5.74, 6) is -3.09. The molecule has 1 aromatic rings. The standard InChI is InChI=1S/C8H8.C4H4O4/c1-2-8-6-4-3-5-7-8;5-3(6)1-2-4(7)8/h2-7H,1H2;1-2H,(H,5,6)(H,7,8)/p-2/b;2-1+. The molecule has 0 heterocycles. The Morgan fingerprint density at radius 1 is 1.00 bits per heavy atom. The first-order valence-electron chi connectivity index (χ1n) is 4.33. The van der Waals surface area contributed by atoms with E-state index in [0.29, 0.717) is 12.2 Å². The maximum Gasteiger partial charge on any atom is 0.0643 e. The smallest absolute Gasteiger partial charge is 0.0643 e. The zero-order valence-electron chi connectivity index (χ0n) is 8.46. The van der Waals surface area contributed by atoms with Crippen LogP contribution in [0, 0.1) is 0 Å². The quantitative estimate of drug-likeness (QED) is 0.633. The highest BCUT2D eigenvalue weighted by Crippen LogP contribution is 1.97. The van der Waals surface area contributed by atoms with Gasteiger partial charge in [-0.3, -0.25) is 0 Å². The lowest BCUT2D eigenvalue weighted by Gasteiger charge is -1.90. The molecule has 0 aromatic heterocycles. The maximum atomic E-state index is 9.41. The summed E-state index contributed by atoms with van der Waals surface area (Å²) in [6.07, 6.45) is 2.60. The van der Waals surface area contributed by atoms with E-state index in [1.807, 2.05) is 36.4 Å². The third-order valence-electron chi connectivity index (χ3n) is 1.39. The van der Waals surface area contributed by atoms with Crippen LogP contribution >= 0.6 is 0 Å². The molecule has 4 nitrogen and oxygen atoms in total. The van der Waals surface area contributed by atoms with Crippen molar-refractivity contribution >= 4 is 18.0 Å². The van der Waals surface area contributed by atoms with E-state index in [0.717, 1.165) is 0 Å². The Labute approximate surface area is 93.2 Å². The van der Waals surface area contributed by atoms with Crippen molar-refractivity contribution < 1.29 is 19.8 Å². The van der Waals surface area contributed by atoms with Gasteiger partial charge in [-0.15, -0.1) is 0 Å². The van der Waals surface area contributed by atoms with Crippen LogP contribution in [0.4, 0.5) is 0 Å². The van der Waals surface area contributed by atoms with Crippen molar-refractivity contribution in [2.45, 2.75) is 0 Å². The molecule has 4 heteroatoms. The van der Waals surface area contributed by atoms with E-state index in [2.05, 4.69) is 6.58 Å². The minimum atomic E-state index is -1.55. The molecule has 0 saturated carbocycles. The number of hydrogen-bond acceptors (Lipinski definition) is 4. The third-order valence-corrected chi connectivity index (χ3v) is 1.39. The predicted molar refractivity (Wildman–Crippen MR) is 55.7 cm³/mol. The van der Waals surface area contributed by atoms with Crippen LogP contribution < -0.4 is 10.2 Å². The van der Waals surface area contributed by atoms with Crippen LogP contribution in [0.1, 0.15) is 5.56 Å². The minimum Gasteiger partial charge on any atom is -0.545 e. The number of aliphatic carboxylic acids is 2. The fraction of sp³-hybridized carbons (Fsp3) is 0. The second-order valence-corrected chi connectivity index (χ2v) is 2.59. The molecular formula is C12H10O4-2. The average Bonchev–Trinajstić information content (AvgIpc) is 2.28. The Bertz CT molecular complexity index is 363. The molecule has 0 spiro atoms. The Balaban J connectivity index is 0.000000281. The lowest BCUT2D eigenvalue weighted by molar-refractivity contribution is -0.301. The highest BCUT2D eigenvalue weighted by Gasteiger charge is 1.75. The van der Waals surface area contributed by atoms with Gasteiger partial charge in [-0.2, -0.15) is 0 Å². The normalized spacial score (nSPS) is 9.00. The van der Waals surface area contributed by atoms with Crippen molar-refractivity contribution in [1.82, 2.24) is 0 Å². The number of carboxylic acid groups (broad SMARTS) is 2. The van der Waals surface area contributed by atoms with E-state index in [1.165, 1.54) is 5.56 Å². The summed E-state index contributed by atoms with van der Waals surface area (Å²) in [5, 5.41) is 18.8. The zero-order valence-corrected chi connectivity index (χ0v) is 8.46. The van der Waals surface area contributed by atoms with Gasteiger partial charge in [-0.05, 0) is 17.7 Å². The topological polar surface area (TPSA) is 80.3 Å². The van der Waals surface area contributed by atoms with Gasteiger partial charge in [0, 0.05) is 0 Å². The first kappa shape index (κ1) is 13.6. The van der Waals surface area contributed by atoms with Crippen LogP contribution in [0.5, 0.6) is 0 Å². The molecule has 0 unspecified atom stereocenters. The molecule has 84 valence electrons. The van der Waals surface area contributed by atoms with Gasteiger partial charge in [0.15, 0.2) is 0 Å². The van der Waals surface area contributed by atoms with Crippen LogP contribution in [-0.2, 0) is 9.59 Å². The Morgan fingerprint density at radius 2 is 1.44 bits per heavy atom.